The number of para-hydroxylation sites is 1. The van der Waals surface area contributed by atoms with Gasteiger partial charge in [-0.1, -0.05) is 6.07 Å². The Kier molecular flexibility index (Phi) is 3.21. The molecule has 6 nitrogen and oxygen atoms in total. The fourth-order valence-electron chi connectivity index (χ4n) is 2.76. The predicted molar refractivity (Wildman–Crippen MR) is 78.4 cm³/mol. The molecule has 1 aromatic carbocycles. The number of aryl methyl sites for hydroxylation is 1. The van der Waals surface area contributed by atoms with E-state index in [9.17, 15) is 9.90 Å². The first-order valence-electron chi connectivity index (χ1n) is 6.74. The van der Waals surface area contributed by atoms with Crippen LogP contribution in [0.15, 0.2) is 36.9 Å². The van der Waals surface area contributed by atoms with Crippen LogP contribution in [0.3, 0.4) is 0 Å². The van der Waals surface area contributed by atoms with Gasteiger partial charge in [0.05, 0.1) is 29.0 Å². The first-order chi connectivity index (χ1) is 10.1. The Balaban J connectivity index is 2.12. The molecule has 3 rings (SSSR count). The van der Waals surface area contributed by atoms with Crippen molar-refractivity contribution in [3.63, 3.8) is 0 Å². The molecule has 3 aromatic rings. The molecule has 0 aliphatic rings. The van der Waals surface area contributed by atoms with Crippen LogP contribution in [0, 0.1) is 6.92 Å². The Labute approximate surface area is 121 Å². The summed E-state index contributed by atoms with van der Waals surface area (Å²) >= 11 is 0. The molecule has 0 spiro atoms. The van der Waals surface area contributed by atoms with Crippen LogP contribution >= 0.6 is 0 Å². The second kappa shape index (κ2) is 5.05. The van der Waals surface area contributed by atoms with Gasteiger partial charge in [0.2, 0.25) is 0 Å². The van der Waals surface area contributed by atoms with Crippen molar-refractivity contribution in [2.75, 3.05) is 0 Å². The zero-order valence-electron chi connectivity index (χ0n) is 11.9. The van der Waals surface area contributed by atoms with Gasteiger partial charge in [0, 0.05) is 18.9 Å². The smallest absolute Gasteiger partial charge is 0.337 e. The summed E-state index contributed by atoms with van der Waals surface area (Å²) in [5.74, 6) is -0.122. The minimum Gasteiger partial charge on any atom is -0.478 e. The zero-order valence-corrected chi connectivity index (χ0v) is 11.9. The molecule has 1 unspecified atom stereocenters. The number of carboxylic acid groups (broad SMARTS) is 1. The molecule has 108 valence electrons. The van der Waals surface area contributed by atoms with Crippen molar-refractivity contribution in [3.8, 4) is 0 Å². The van der Waals surface area contributed by atoms with E-state index in [1.165, 1.54) is 0 Å². The lowest BCUT2D eigenvalue weighted by molar-refractivity contribution is 0.0698. The van der Waals surface area contributed by atoms with Crippen LogP contribution in [0.2, 0.25) is 0 Å². The number of nitrogens with zero attached hydrogens (tertiary/aromatic N) is 4. The third-order valence-electron chi connectivity index (χ3n) is 3.59. The number of benzene rings is 1. The van der Waals surface area contributed by atoms with Crippen LogP contribution in [-0.2, 0) is 6.54 Å². The molecule has 2 heterocycles. The van der Waals surface area contributed by atoms with Crippen molar-refractivity contribution in [1.82, 2.24) is 19.1 Å². The highest BCUT2D eigenvalue weighted by atomic mass is 16.4. The third-order valence-corrected chi connectivity index (χ3v) is 3.59. The van der Waals surface area contributed by atoms with Crippen LogP contribution in [-0.4, -0.2) is 30.2 Å². The number of hydrogen-bond acceptors (Lipinski definition) is 3. The summed E-state index contributed by atoms with van der Waals surface area (Å²) in [7, 11) is 0. The monoisotopic (exact) mass is 284 g/mol. The first kappa shape index (κ1) is 13.4. The van der Waals surface area contributed by atoms with Gasteiger partial charge in [-0.15, -0.1) is 0 Å². The van der Waals surface area contributed by atoms with Gasteiger partial charge in [-0.05, 0) is 26.0 Å². The minimum absolute atomic E-state index is 0.0738. The molecule has 1 atom stereocenters. The van der Waals surface area contributed by atoms with Crippen molar-refractivity contribution < 1.29 is 9.90 Å². The van der Waals surface area contributed by atoms with E-state index in [0.29, 0.717) is 17.6 Å². The van der Waals surface area contributed by atoms with E-state index in [4.69, 9.17) is 0 Å². The van der Waals surface area contributed by atoms with E-state index < -0.39 is 5.97 Å². The first-order valence-corrected chi connectivity index (χ1v) is 6.74. The molecule has 2 aromatic heterocycles. The second-order valence-corrected chi connectivity index (χ2v) is 5.12. The highest BCUT2D eigenvalue weighted by Crippen LogP contribution is 2.25. The molecule has 0 amide bonds. The van der Waals surface area contributed by atoms with E-state index in [0.717, 1.165) is 5.82 Å². The maximum Gasteiger partial charge on any atom is 0.337 e. The Hall–Kier alpha value is -2.63. The summed E-state index contributed by atoms with van der Waals surface area (Å²) in [5, 5.41) is 9.40. The molecule has 0 aliphatic carbocycles. The van der Waals surface area contributed by atoms with E-state index in [2.05, 4.69) is 9.97 Å². The average molecular weight is 284 g/mol. The van der Waals surface area contributed by atoms with E-state index >= 15 is 0 Å². The van der Waals surface area contributed by atoms with E-state index in [1.807, 2.05) is 35.2 Å². The van der Waals surface area contributed by atoms with Gasteiger partial charge in [0.1, 0.15) is 5.82 Å². The largest absolute Gasteiger partial charge is 0.478 e. The van der Waals surface area contributed by atoms with Crippen LogP contribution in [0.5, 0.6) is 0 Å². The van der Waals surface area contributed by atoms with Crippen LogP contribution in [0.4, 0.5) is 0 Å². The molecule has 0 saturated carbocycles. The average Bonchev–Trinajstić information content (AvgIpc) is 3.03. The fraction of sp³-hybridized carbons (Fsp3) is 0.267. The molecule has 21 heavy (non-hydrogen) atoms. The van der Waals surface area contributed by atoms with Crippen LogP contribution in [0.1, 0.15) is 29.1 Å². The quantitative estimate of drug-likeness (QED) is 0.799. The topological polar surface area (TPSA) is 72.9 Å². The van der Waals surface area contributed by atoms with Crippen molar-refractivity contribution in [2.45, 2.75) is 26.4 Å². The normalized spacial score (nSPS) is 12.7. The molecule has 0 bridgehead atoms. The summed E-state index contributed by atoms with van der Waals surface area (Å²) in [6.07, 6.45) is 5.38. The van der Waals surface area contributed by atoms with Gasteiger partial charge in [-0.25, -0.2) is 14.8 Å². The van der Waals surface area contributed by atoms with Gasteiger partial charge >= 0.3 is 5.97 Å². The SMILES string of the molecule is Cc1nc2cccc(C(=O)O)c2n1C(C)Cn1ccnc1. The predicted octanol–water partition coefficient (Wildman–Crippen LogP) is 2.50. The molecule has 1 N–H and O–H groups in total. The summed E-state index contributed by atoms with van der Waals surface area (Å²) < 4.78 is 3.96. The van der Waals surface area contributed by atoms with Gasteiger partial charge in [-0.2, -0.15) is 0 Å². The van der Waals surface area contributed by atoms with Gasteiger partial charge < -0.3 is 14.2 Å². The van der Waals surface area contributed by atoms with Crippen molar-refractivity contribution in [2.24, 2.45) is 0 Å². The van der Waals surface area contributed by atoms with E-state index in [1.54, 1.807) is 24.7 Å². The maximum atomic E-state index is 11.5. The highest BCUT2D eigenvalue weighted by molar-refractivity contribution is 6.01. The summed E-state index contributed by atoms with van der Waals surface area (Å²) in [6.45, 7) is 4.66. The molecular weight excluding hydrogens is 268 g/mol. The second-order valence-electron chi connectivity index (χ2n) is 5.12. The number of imidazole rings is 2. The lowest BCUT2D eigenvalue weighted by atomic mass is 10.1. The van der Waals surface area contributed by atoms with Gasteiger partial charge in [-0.3, -0.25) is 0 Å². The fourth-order valence-corrected chi connectivity index (χ4v) is 2.76. The maximum absolute atomic E-state index is 11.5. The van der Waals surface area contributed by atoms with Crippen molar-refractivity contribution in [1.29, 1.82) is 0 Å². The summed E-state index contributed by atoms with van der Waals surface area (Å²) in [4.78, 5) is 20.0. The molecule has 0 radical (unpaired) electrons. The third kappa shape index (κ3) is 2.29. The number of rotatable bonds is 4. The Morgan fingerprint density at radius 2 is 2.24 bits per heavy atom. The number of aromatic nitrogens is 4. The zero-order chi connectivity index (χ0) is 15.0. The van der Waals surface area contributed by atoms with E-state index in [-0.39, 0.29) is 11.6 Å². The number of carbonyl (C=O) groups is 1. The molecule has 0 aliphatic heterocycles. The lowest BCUT2D eigenvalue weighted by Gasteiger charge is -2.17. The summed E-state index contributed by atoms with van der Waals surface area (Å²) in [5.41, 5.74) is 1.67. The number of fused-ring (bicyclic) bond motifs is 1. The summed E-state index contributed by atoms with van der Waals surface area (Å²) in [6, 6.07) is 5.26. The lowest BCUT2D eigenvalue weighted by Crippen LogP contribution is -2.15. The number of carboxylic acids is 1. The molecule has 0 fully saturated rings. The van der Waals surface area contributed by atoms with Crippen molar-refractivity contribution >= 4 is 17.0 Å². The van der Waals surface area contributed by atoms with Gasteiger partial charge in [0.15, 0.2) is 0 Å². The Morgan fingerprint density at radius 1 is 1.43 bits per heavy atom. The Morgan fingerprint density at radius 3 is 2.90 bits per heavy atom. The molecule has 0 saturated heterocycles. The van der Waals surface area contributed by atoms with Crippen LogP contribution < -0.4 is 0 Å². The van der Waals surface area contributed by atoms with Gasteiger partial charge in [0.25, 0.3) is 0 Å². The highest BCUT2D eigenvalue weighted by Gasteiger charge is 2.19. The molecule has 6 heteroatoms. The number of aromatic carboxylic acids is 1. The minimum atomic E-state index is -0.934. The van der Waals surface area contributed by atoms with Crippen LogP contribution in [0.25, 0.3) is 11.0 Å². The standard InChI is InChI=1S/C15H16N4O2/c1-10(8-18-7-6-16-9-18)19-11(2)17-13-5-3-4-12(14(13)19)15(20)21/h3-7,9-10H,8H2,1-2H3,(H,20,21). The molecular formula is C15H16N4O2. The van der Waals surface area contributed by atoms with Crippen molar-refractivity contribution in [3.05, 3.63) is 48.3 Å². The Bertz CT molecular complexity index is 789. The number of hydrogen-bond donors (Lipinski definition) is 1.